The first kappa shape index (κ1) is 29.9. The lowest BCUT2D eigenvalue weighted by molar-refractivity contribution is 0.0243. The molecule has 0 aliphatic carbocycles. The van der Waals surface area contributed by atoms with Crippen molar-refractivity contribution in [3.8, 4) is 11.3 Å². The van der Waals surface area contributed by atoms with Crippen LogP contribution in [0.1, 0.15) is 81.5 Å². The van der Waals surface area contributed by atoms with E-state index in [0.29, 0.717) is 31.3 Å². The van der Waals surface area contributed by atoms with Gasteiger partial charge >= 0.3 is 6.09 Å². The number of fused-ring (bicyclic) bond motifs is 1. The molecule has 43 heavy (non-hydrogen) atoms. The second-order valence-electron chi connectivity index (χ2n) is 12.9. The lowest BCUT2D eigenvalue weighted by atomic mass is 9.88. The second kappa shape index (κ2) is 11.6. The molecular formula is C31H38N8O4. The molecule has 1 aromatic carbocycles. The van der Waals surface area contributed by atoms with Crippen LogP contribution in [0.25, 0.3) is 11.3 Å². The molecule has 4 aromatic rings. The number of ether oxygens (including phenoxy) is 1. The summed E-state index contributed by atoms with van der Waals surface area (Å²) in [5.41, 5.74) is 3.43. The Morgan fingerprint density at radius 1 is 1.12 bits per heavy atom. The predicted octanol–water partition coefficient (Wildman–Crippen LogP) is 5.45. The van der Waals surface area contributed by atoms with Crippen LogP contribution in [0.2, 0.25) is 0 Å². The van der Waals surface area contributed by atoms with E-state index in [1.165, 1.54) is 0 Å². The van der Waals surface area contributed by atoms with E-state index < -0.39 is 11.7 Å². The molecule has 12 heteroatoms. The average Bonchev–Trinajstić information content (AvgIpc) is 3.55. The summed E-state index contributed by atoms with van der Waals surface area (Å²) >= 11 is 0. The SMILES string of the molecule is Cn1cc(Nc2nccc(-c3ccc4c(c3)CCN(C(=O)OC(C)(C)C)CC4CC(=O)c3noc(C(C)(C)C)n3)n2)cn1. The van der Waals surface area contributed by atoms with Crippen LogP contribution in [0.3, 0.4) is 0 Å². The van der Waals surface area contributed by atoms with Gasteiger partial charge < -0.3 is 19.5 Å². The van der Waals surface area contributed by atoms with E-state index >= 15 is 0 Å². The van der Waals surface area contributed by atoms with Crippen molar-refractivity contribution in [1.29, 1.82) is 0 Å². The fourth-order valence-corrected chi connectivity index (χ4v) is 4.91. The van der Waals surface area contributed by atoms with Crippen molar-refractivity contribution in [3.05, 3.63) is 65.7 Å². The van der Waals surface area contributed by atoms with Gasteiger partial charge in [-0.15, -0.1) is 0 Å². The van der Waals surface area contributed by atoms with Gasteiger partial charge in [-0.3, -0.25) is 9.48 Å². The van der Waals surface area contributed by atoms with Crippen molar-refractivity contribution in [2.24, 2.45) is 7.05 Å². The molecule has 1 unspecified atom stereocenters. The number of hydrogen-bond acceptors (Lipinski definition) is 10. The van der Waals surface area contributed by atoms with Crippen molar-refractivity contribution in [2.45, 2.75) is 71.3 Å². The van der Waals surface area contributed by atoms with Crippen LogP contribution >= 0.6 is 0 Å². The van der Waals surface area contributed by atoms with E-state index in [2.05, 4.69) is 31.6 Å². The number of aromatic nitrogens is 6. The predicted molar refractivity (Wildman–Crippen MR) is 160 cm³/mol. The quantitative estimate of drug-likeness (QED) is 0.290. The highest BCUT2D eigenvalue weighted by atomic mass is 16.6. The third kappa shape index (κ3) is 7.25. The molecular weight excluding hydrogens is 548 g/mol. The van der Waals surface area contributed by atoms with Crippen molar-refractivity contribution >= 4 is 23.5 Å². The van der Waals surface area contributed by atoms with Gasteiger partial charge in [-0.05, 0) is 50.5 Å². The van der Waals surface area contributed by atoms with E-state index in [1.54, 1.807) is 22.0 Å². The minimum Gasteiger partial charge on any atom is -0.444 e. The van der Waals surface area contributed by atoms with Gasteiger partial charge in [0, 0.05) is 55.8 Å². The topological polar surface area (TPSA) is 141 Å². The number of nitrogens with zero attached hydrogens (tertiary/aromatic N) is 7. The summed E-state index contributed by atoms with van der Waals surface area (Å²) in [7, 11) is 1.84. The second-order valence-corrected chi connectivity index (χ2v) is 12.9. The maximum absolute atomic E-state index is 13.4. The number of benzene rings is 1. The Hall–Kier alpha value is -4.61. The maximum atomic E-state index is 13.4. The summed E-state index contributed by atoms with van der Waals surface area (Å²) in [5, 5.41) is 11.3. The molecule has 0 radical (unpaired) electrons. The summed E-state index contributed by atoms with van der Waals surface area (Å²) < 4.78 is 12.8. The maximum Gasteiger partial charge on any atom is 0.410 e. The van der Waals surface area contributed by atoms with Gasteiger partial charge in [0.25, 0.3) is 0 Å². The van der Waals surface area contributed by atoms with Crippen molar-refractivity contribution in [2.75, 3.05) is 18.4 Å². The number of carbonyl (C=O) groups is 2. The normalized spacial score (nSPS) is 15.5. The van der Waals surface area contributed by atoms with Crippen LogP contribution in [0.15, 0.2) is 47.4 Å². The number of Topliss-reactive ketones (excluding diaryl/α,β-unsaturated/α-hetero) is 1. The molecule has 1 aliphatic heterocycles. The van der Waals surface area contributed by atoms with E-state index in [0.717, 1.165) is 28.1 Å². The van der Waals surface area contributed by atoms with E-state index in [9.17, 15) is 9.59 Å². The van der Waals surface area contributed by atoms with Crippen molar-refractivity contribution in [1.82, 2.24) is 34.8 Å². The van der Waals surface area contributed by atoms with Gasteiger partial charge in [-0.25, -0.2) is 14.8 Å². The standard InChI is InChI=1S/C31H38N8O4/c1-30(2,3)27-36-26(37-43-27)25(40)15-21-17-39(29(41)42-31(4,5)6)13-11-19-14-20(8-9-23(19)21)24-10-12-32-28(35-24)34-22-16-33-38(7)18-22/h8-10,12,14,16,18,21H,11,13,15,17H2,1-7H3,(H,32,34,35). The van der Waals surface area contributed by atoms with Crippen LogP contribution in [-0.4, -0.2) is 65.4 Å². The molecule has 0 saturated carbocycles. The van der Waals surface area contributed by atoms with Gasteiger partial charge in [-0.2, -0.15) is 10.1 Å². The van der Waals surface area contributed by atoms with Gasteiger partial charge in [0.1, 0.15) is 5.60 Å². The molecule has 0 spiro atoms. The highest BCUT2D eigenvalue weighted by molar-refractivity contribution is 5.93. The van der Waals surface area contributed by atoms with Crippen molar-refractivity contribution in [3.63, 3.8) is 0 Å². The zero-order valence-corrected chi connectivity index (χ0v) is 25.7. The summed E-state index contributed by atoms with van der Waals surface area (Å²) in [6, 6.07) is 7.94. The molecule has 1 amide bonds. The highest BCUT2D eigenvalue weighted by Crippen LogP contribution is 2.33. The minimum absolute atomic E-state index is 0.0470. The molecule has 0 saturated heterocycles. The Kier molecular flexibility index (Phi) is 8.04. The van der Waals surface area contributed by atoms with E-state index in [1.807, 2.05) is 73.0 Å². The lowest BCUT2D eigenvalue weighted by Crippen LogP contribution is -2.39. The fraction of sp³-hybridized carbons (Fsp3) is 0.452. The van der Waals surface area contributed by atoms with Gasteiger partial charge in [-0.1, -0.05) is 38.1 Å². The van der Waals surface area contributed by atoms with Gasteiger partial charge in [0.2, 0.25) is 23.4 Å². The van der Waals surface area contributed by atoms with Gasteiger partial charge in [0.05, 0.1) is 17.6 Å². The highest BCUT2D eigenvalue weighted by Gasteiger charge is 2.32. The third-order valence-corrected chi connectivity index (χ3v) is 6.99. The number of nitrogens with one attached hydrogen (secondary N) is 1. The molecule has 3 aromatic heterocycles. The summed E-state index contributed by atoms with van der Waals surface area (Å²) in [6.07, 6.45) is 5.55. The van der Waals surface area contributed by atoms with Crippen LogP contribution in [0.5, 0.6) is 0 Å². The molecule has 0 bridgehead atoms. The molecule has 0 fully saturated rings. The summed E-state index contributed by atoms with van der Waals surface area (Å²) in [5.74, 6) is 0.364. The largest absolute Gasteiger partial charge is 0.444 e. The zero-order valence-electron chi connectivity index (χ0n) is 25.7. The molecule has 1 atom stereocenters. The Balaban J connectivity index is 1.44. The number of aryl methyl sites for hydroxylation is 1. The smallest absolute Gasteiger partial charge is 0.410 e. The zero-order chi connectivity index (χ0) is 30.9. The number of hydrogen-bond donors (Lipinski definition) is 1. The number of carbonyl (C=O) groups excluding carboxylic acids is 2. The van der Waals surface area contributed by atoms with Crippen LogP contribution < -0.4 is 5.32 Å². The van der Waals surface area contributed by atoms with Crippen molar-refractivity contribution < 1.29 is 18.8 Å². The van der Waals surface area contributed by atoms with E-state index in [4.69, 9.17) is 14.2 Å². The number of amides is 1. The Bertz CT molecular complexity index is 1630. The lowest BCUT2D eigenvalue weighted by Gasteiger charge is -2.28. The molecule has 1 aliphatic rings. The minimum atomic E-state index is -0.642. The molecule has 4 heterocycles. The Labute approximate surface area is 250 Å². The number of rotatable bonds is 6. The fourth-order valence-electron chi connectivity index (χ4n) is 4.91. The molecule has 226 valence electrons. The van der Waals surface area contributed by atoms with E-state index in [-0.39, 0.29) is 29.4 Å². The number of anilines is 2. The van der Waals surface area contributed by atoms with Gasteiger partial charge in [0.15, 0.2) is 0 Å². The molecule has 1 N–H and O–H groups in total. The number of ketones is 1. The molecule has 5 rings (SSSR count). The first-order chi connectivity index (χ1) is 20.2. The average molecular weight is 587 g/mol. The Morgan fingerprint density at radius 3 is 2.58 bits per heavy atom. The molecule has 12 nitrogen and oxygen atoms in total. The van der Waals surface area contributed by atoms with Crippen LogP contribution in [0, 0.1) is 0 Å². The monoisotopic (exact) mass is 586 g/mol. The first-order valence-corrected chi connectivity index (χ1v) is 14.3. The Morgan fingerprint density at radius 2 is 1.91 bits per heavy atom. The third-order valence-electron chi connectivity index (χ3n) is 6.99. The van der Waals surface area contributed by atoms with Crippen LogP contribution in [-0.2, 0) is 23.6 Å². The summed E-state index contributed by atoms with van der Waals surface area (Å²) in [6.45, 7) is 12.1. The van der Waals surface area contributed by atoms with Crippen LogP contribution in [0.4, 0.5) is 16.4 Å². The summed E-state index contributed by atoms with van der Waals surface area (Å²) in [4.78, 5) is 41.7. The first-order valence-electron chi connectivity index (χ1n) is 14.3.